The van der Waals surface area contributed by atoms with Crippen LogP contribution in [-0.2, 0) is 0 Å². The van der Waals surface area contributed by atoms with Crippen LogP contribution in [0.3, 0.4) is 0 Å². The van der Waals surface area contributed by atoms with E-state index in [2.05, 4.69) is 36.0 Å². The lowest BCUT2D eigenvalue weighted by molar-refractivity contribution is 0.188. The van der Waals surface area contributed by atoms with Crippen molar-refractivity contribution in [2.75, 3.05) is 52.9 Å². The van der Waals surface area contributed by atoms with Crippen molar-refractivity contribution in [3.63, 3.8) is 0 Å². The van der Waals surface area contributed by atoms with Crippen molar-refractivity contribution in [2.24, 2.45) is 10.9 Å². The Morgan fingerprint density at radius 1 is 1.22 bits per heavy atom. The van der Waals surface area contributed by atoms with Crippen LogP contribution in [0.25, 0.3) is 0 Å². The number of nitrogens with zero attached hydrogens (tertiary/aromatic N) is 3. The fourth-order valence-electron chi connectivity index (χ4n) is 3.32. The summed E-state index contributed by atoms with van der Waals surface area (Å²) in [6.45, 7) is 11.3. The van der Waals surface area contributed by atoms with Gasteiger partial charge in [-0.15, -0.1) is 24.0 Å². The SMILES string of the molecule is CCCN1CCC(CN=C(NCC)N(C)CCOc2ccccc2)CC1.I. The molecule has 1 fully saturated rings. The van der Waals surface area contributed by atoms with Crippen LogP contribution in [0.15, 0.2) is 35.3 Å². The van der Waals surface area contributed by atoms with E-state index >= 15 is 0 Å². The van der Waals surface area contributed by atoms with Crippen molar-refractivity contribution < 1.29 is 4.74 Å². The normalized spacial score (nSPS) is 15.9. The quantitative estimate of drug-likeness (QED) is 0.327. The maximum absolute atomic E-state index is 5.80. The van der Waals surface area contributed by atoms with Gasteiger partial charge in [-0.1, -0.05) is 25.1 Å². The minimum absolute atomic E-state index is 0. The largest absolute Gasteiger partial charge is 0.492 e. The summed E-state index contributed by atoms with van der Waals surface area (Å²) in [7, 11) is 2.08. The smallest absolute Gasteiger partial charge is 0.193 e. The average Bonchev–Trinajstić information content (AvgIpc) is 2.67. The number of aliphatic imine (C=N–C) groups is 1. The zero-order valence-electron chi connectivity index (χ0n) is 17.2. The van der Waals surface area contributed by atoms with E-state index in [0.29, 0.717) is 12.5 Å². The number of likely N-dealkylation sites (N-methyl/N-ethyl adjacent to an activating group) is 1. The molecule has 0 aliphatic carbocycles. The first kappa shape index (κ1) is 24.0. The number of nitrogens with one attached hydrogen (secondary N) is 1. The zero-order chi connectivity index (χ0) is 18.6. The van der Waals surface area contributed by atoms with Gasteiger partial charge in [-0.25, -0.2) is 0 Å². The van der Waals surface area contributed by atoms with E-state index in [-0.39, 0.29) is 24.0 Å². The van der Waals surface area contributed by atoms with Crippen LogP contribution in [0.2, 0.25) is 0 Å². The number of benzene rings is 1. The molecule has 0 aromatic heterocycles. The maximum Gasteiger partial charge on any atom is 0.193 e. The molecule has 6 heteroatoms. The Morgan fingerprint density at radius 3 is 2.56 bits per heavy atom. The van der Waals surface area contributed by atoms with Crippen LogP contribution >= 0.6 is 24.0 Å². The van der Waals surface area contributed by atoms with Gasteiger partial charge in [-0.3, -0.25) is 4.99 Å². The van der Waals surface area contributed by atoms with Crippen LogP contribution in [0.5, 0.6) is 5.75 Å². The predicted molar refractivity (Wildman–Crippen MR) is 125 cm³/mol. The van der Waals surface area contributed by atoms with Crippen LogP contribution in [-0.4, -0.2) is 68.7 Å². The second-order valence-corrected chi connectivity index (χ2v) is 7.06. The highest BCUT2D eigenvalue weighted by Crippen LogP contribution is 2.17. The second-order valence-electron chi connectivity index (χ2n) is 7.06. The van der Waals surface area contributed by atoms with E-state index in [1.807, 2.05) is 30.3 Å². The highest BCUT2D eigenvalue weighted by atomic mass is 127. The first-order valence-electron chi connectivity index (χ1n) is 10.1. The van der Waals surface area contributed by atoms with E-state index in [0.717, 1.165) is 31.3 Å². The molecule has 0 atom stereocenters. The molecule has 1 N–H and O–H groups in total. The van der Waals surface area contributed by atoms with E-state index in [4.69, 9.17) is 9.73 Å². The first-order chi connectivity index (χ1) is 12.7. The number of ether oxygens (including phenoxy) is 1. The lowest BCUT2D eigenvalue weighted by Crippen LogP contribution is -2.41. The summed E-state index contributed by atoms with van der Waals surface area (Å²) < 4.78 is 5.80. The highest BCUT2D eigenvalue weighted by molar-refractivity contribution is 14.0. The standard InChI is InChI=1S/C21H36N4O.HI/c1-4-13-25-14-11-19(12-15-25)18-23-21(22-5-2)24(3)16-17-26-20-9-7-6-8-10-20;/h6-10,19H,4-5,11-18H2,1-3H3,(H,22,23);1H. The fourth-order valence-corrected chi connectivity index (χ4v) is 3.32. The molecule has 1 aromatic carbocycles. The molecule has 1 aliphatic rings. The van der Waals surface area contributed by atoms with Crippen molar-refractivity contribution in [2.45, 2.75) is 33.1 Å². The third-order valence-electron chi connectivity index (χ3n) is 4.88. The molecular formula is C21H37IN4O. The fraction of sp³-hybridized carbons (Fsp3) is 0.667. The molecule has 1 aliphatic heterocycles. The highest BCUT2D eigenvalue weighted by Gasteiger charge is 2.18. The molecule has 5 nitrogen and oxygen atoms in total. The van der Waals surface area contributed by atoms with E-state index in [1.54, 1.807) is 0 Å². The van der Waals surface area contributed by atoms with Crippen LogP contribution in [0.4, 0.5) is 0 Å². The number of piperidine rings is 1. The molecule has 1 aromatic rings. The number of likely N-dealkylation sites (tertiary alicyclic amines) is 1. The molecule has 0 spiro atoms. The van der Waals surface area contributed by atoms with Gasteiger partial charge in [0.2, 0.25) is 0 Å². The van der Waals surface area contributed by atoms with Gasteiger partial charge in [0.15, 0.2) is 5.96 Å². The summed E-state index contributed by atoms with van der Waals surface area (Å²) in [5.41, 5.74) is 0. The Kier molecular flexibility index (Phi) is 12.5. The summed E-state index contributed by atoms with van der Waals surface area (Å²) in [5, 5.41) is 3.41. The Labute approximate surface area is 182 Å². The molecule has 0 unspecified atom stereocenters. The van der Waals surface area contributed by atoms with Gasteiger partial charge in [0.05, 0.1) is 6.54 Å². The number of para-hydroxylation sites is 1. The van der Waals surface area contributed by atoms with Gasteiger partial charge < -0.3 is 19.9 Å². The molecule has 0 saturated carbocycles. The summed E-state index contributed by atoms with van der Waals surface area (Å²) >= 11 is 0. The lowest BCUT2D eigenvalue weighted by Gasteiger charge is -2.31. The molecular weight excluding hydrogens is 451 g/mol. The van der Waals surface area contributed by atoms with Gasteiger partial charge in [0.1, 0.15) is 12.4 Å². The van der Waals surface area contributed by atoms with E-state index < -0.39 is 0 Å². The van der Waals surface area contributed by atoms with Crippen molar-refractivity contribution in [1.29, 1.82) is 0 Å². The van der Waals surface area contributed by atoms with Crippen molar-refractivity contribution in [3.05, 3.63) is 30.3 Å². The Bertz CT molecular complexity index is 518. The molecule has 0 radical (unpaired) electrons. The van der Waals surface area contributed by atoms with Gasteiger partial charge in [0.25, 0.3) is 0 Å². The number of guanidine groups is 1. The summed E-state index contributed by atoms with van der Waals surface area (Å²) in [4.78, 5) is 9.64. The van der Waals surface area contributed by atoms with Gasteiger partial charge >= 0.3 is 0 Å². The minimum Gasteiger partial charge on any atom is -0.492 e. The Balaban J connectivity index is 0.00000364. The second kappa shape index (κ2) is 14.0. The molecule has 0 bridgehead atoms. The lowest BCUT2D eigenvalue weighted by atomic mass is 9.97. The van der Waals surface area contributed by atoms with Crippen LogP contribution < -0.4 is 10.1 Å². The third-order valence-corrected chi connectivity index (χ3v) is 4.88. The molecule has 2 rings (SSSR count). The molecule has 27 heavy (non-hydrogen) atoms. The summed E-state index contributed by atoms with van der Waals surface area (Å²) in [6.07, 6.45) is 3.79. The molecule has 1 heterocycles. The van der Waals surface area contributed by atoms with Crippen molar-refractivity contribution in [3.8, 4) is 5.75 Å². The third kappa shape index (κ3) is 9.14. The van der Waals surface area contributed by atoms with Gasteiger partial charge in [0, 0.05) is 20.1 Å². The predicted octanol–water partition coefficient (Wildman–Crippen LogP) is 3.70. The van der Waals surface area contributed by atoms with Crippen molar-refractivity contribution in [1.82, 2.24) is 15.1 Å². The number of hydrogen-bond acceptors (Lipinski definition) is 3. The molecule has 0 amide bonds. The van der Waals surface area contributed by atoms with Gasteiger partial charge in [-0.2, -0.15) is 0 Å². The summed E-state index contributed by atoms with van der Waals surface area (Å²) in [5.74, 6) is 2.62. The number of halogens is 1. The molecule has 1 saturated heterocycles. The topological polar surface area (TPSA) is 40.1 Å². The first-order valence-corrected chi connectivity index (χ1v) is 10.1. The average molecular weight is 488 g/mol. The Hall–Kier alpha value is -1.02. The monoisotopic (exact) mass is 488 g/mol. The van der Waals surface area contributed by atoms with E-state index in [9.17, 15) is 0 Å². The van der Waals surface area contributed by atoms with E-state index in [1.165, 1.54) is 38.9 Å². The van der Waals surface area contributed by atoms with Crippen LogP contribution in [0.1, 0.15) is 33.1 Å². The molecule has 154 valence electrons. The zero-order valence-corrected chi connectivity index (χ0v) is 19.5. The van der Waals surface area contributed by atoms with Crippen molar-refractivity contribution >= 4 is 29.9 Å². The Morgan fingerprint density at radius 2 is 1.93 bits per heavy atom. The number of hydrogen-bond donors (Lipinski definition) is 1. The van der Waals surface area contributed by atoms with Gasteiger partial charge in [-0.05, 0) is 63.9 Å². The number of rotatable bonds is 9. The summed E-state index contributed by atoms with van der Waals surface area (Å²) in [6, 6.07) is 9.98. The van der Waals surface area contributed by atoms with Crippen LogP contribution in [0, 0.1) is 5.92 Å². The minimum atomic E-state index is 0. The maximum atomic E-state index is 5.80.